The van der Waals surface area contributed by atoms with Crippen molar-refractivity contribution in [2.75, 3.05) is 0 Å². The SMILES string of the molecule is c1ccc(-c2cc3cc(-c4ccc5cc(-c6ccccc6)n(-c6ccc7sc8ccccc8c7c6)c5c4)ccc3n2-c2ccc3sc4ccccc4c3c2)cc1. The van der Waals surface area contributed by atoms with Crippen molar-refractivity contribution in [2.24, 2.45) is 0 Å². The summed E-state index contributed by atoms with van der Waals surface area (Å²) in [5, 5.41) is 7.67. The minimum atomic E-state index is 1.17. The first-order valence-corrected chi connectivity index (χ1v) is 20.6. The van der Waals surface area contributed by atoms with E-state index in [1.54, 1.807) is 0 Å². The Morgan fingerprint density at radius 1 is 0.286 bits per heavy atom. The molecule has 0 fully saturated rings. The molecule has 0 spiro atoms. The zero-order valence-electron chi connectivity index (χ0n) is 30.2. The predicted molar refractivity (Wildman–Crippen MR) is 242 cm³/mol. The zero-order valence-corrected chi connectivity index (χ0v) is 31.8. The van der Waals surface area contributed by atoms with Crippen LogP contribution in [0.3, 0.4) is 0 Å². The summed E-state index contributed by atoms with van der Waals surface area (Å²) in [6, 6.07) is 71.6. The van der Waals surface area contributed by atoms with Crippen molar-refractivity contribution >= 4 is 84.8 Å². The van der Waals surface area contributed by atoms with Crippen LogP contribution in [0.4, 0.5) is 0 Å². The Bertz CT molecular complexity index is 3470. The van der Waals surface area contributed by atoms with Crippen molar-refractivity contribution in [1.82, 2.24) is 9.13 Å². The van der Waals surface area contributed by atoms with Crippen LogP contribution in [0, 0.1) is 0 Å². The van der Waals surface area contributed by atoms with Gasteiger partial charge in [-0.15, -0.1) is 22.7 Å². The molecule has 56 heavy (non-hydrogen) atoms. The highest BCUT2D eigenvalue weighted by Crippen LogP contribution is 2.41. The van der Waals surface area contributed by atoms with Gasteiger partial charge in [-0.05, 0) is 101 Å². The van der Waals surface area contributed by atoms with Gasteiger partial charge in [-0.3, -0.25) is 0 Å². The molecule has 8 aromatic carbocycles. The molecule has 4 heterocycles. The maximum atomic E-state index is 2.45. The third-order valence-corrected chi connectivity index (χ3v) is 13.6. The Morgan fingerprint density at radius 2 is 0.768 bits per heavy atom. The lowest BCUT2D eigenvalue weighted by Crippen LogP contribution is -1.97. The summed E-state index contributed by atoms with van der Waals surface area (Å²) in [4.78, 5) is 0. The molecule has 0 unspecified atom stereocenters. The normalized spacial score (nSPS) is 11.9. The molecule has 0 aliphatic rings. The van der Waals surface area contributed by atoms with Crippen molar-refractivity contribution in [3.05, 3.63) is 194 Å². The summed E-state index contributed by atoms with van der Waals surface area (Å²) in [6.07, 6.45) is 0. The van der Waals surface area contributed by atoms with Crippen LogP contribution in [0.5, 0.6) is 0 Å². The highest BCUT2D eigenvalue weighted by molar-refractivity contribution is 7.26. The summed E-state index contributed by atoms with van der Waals surface area (Å²) < 4.78 is 10.2. The van der Waals surface area contributed by atoms with Crippen molar-refractivity contribution < 1.29 is 0 Å². The number of thiophene rings is 2. The van der Waals surface area contributed by atoms with Gasteiger partial charge in [0, 0.05) is 62.5 Å². The van der Waals surface area contributed by atoms with Crippen LogP contribution in [0.15, 0.2) is 194 Å². The average Bonchev–Trinajstić information content (AvgIpc) is 4.03. The average molecular weight is 749 g/mol. The van der Waals surface area contributed by atoms with E-state index in [-0.39, 0.29) is 0 Å². The number of nitrogens with zero attached hydrogens (tertiary/aromatic N) is 2. The molecular weight excluding hydrogens is 717 g/mol. The quantitative estimate of drug-likeness (QED) is 0.166. The Hall–Kier alpha value is -6.72. The van der Waals surface area contributed by atoms with Gasteiger partial charge in [0.25, 0.3) is 0 Å². The van der Waals surface area contributed by atoms with Crippen LogP contribution in [0.1, 0.15) is 0 Å². The van der Waals surface area contributed by atoms with Crippen molar-refractivity contribution in [3.8, 4) is 45.0 Å². The van der Waals surface area contributed by atoms with Gasteiger partial charge in [-0.2, -0.15) is 0 Å². The molecule has 262 valence electrons. The highest BCUT2D eigenvalue weighted by atomic mass is 32.1. The number of aromatic nitrogens is 2. The smallest absolute Gasteiger partial charge is 0.0541 e. The van der Waals surface area contributed by atoms with Crippen molar-refractivity contribution in [1.29, 1.82) is 0 Å². The third-order valence-electron chi connectivity index (χ3n) is 11.3. The van der Waals surface area contributed by atoms with E-state index >= 15 is 0 Å². The van der Waals surface area contributed by atoms with E-state index in [2.05, 4.69) is 203 Å². The van der Waals surface area contributed by atoms with E-state index in [9.17, 15) is 0 Å². The molecule has 0 saturated carbocycles. The maximum absolute atomic E-state index is 2.45. The van der Waals surface area contributed by atoms with Crippen LogP contribution >= 0.6 is 22.7 Å². The molecule has 4 aromatic heterocycles. The van der Waals surface area contributed by atoms with Crippen molar-refractivity contribution in [2.45, 2.75) is 0 Å². The summed E-state index contributed by atoms with van der Waals surface area (Å²) in [6.45, 7) is 0. The van der Waals surface area contributed by atoms with Crippen LogP contribution in [-0.2, 0) is 0 Å². The molecular formula is C52H32N2S2. The van der Waals surface area contributed by atoms with Gasteiger partial charge < -0.3 is 9.13 Å². The number of hydrogen-bond donors (Lipinski definition) is 0. The first-order valence-electron chi connectivity index (χ1n) is 19.0. The second-order valence-corrected chi connectivity index (χ2v) is 16.7. The summed E-state index contributed by atoms with van der Waals surface area (Å²) in [5.74, 6) is 0. The third kappa shape index (κ3) is 4.93. The van der Waals surface area contributed by atoms with E-state index in [4.69, 9.17) is 0 Å². The molecule has 2 nitrogen and oxygen atoms in total. The van der Waals surface area contributed by atoms with Gasteiger partial charge in [0.15, 0.2) is 0 Å². The van der Waals surface area contributed by atoms with E-state index < -0.39 is 0 Å². The van der Waals surface area contributed by atoms with Crippen LogP contribution in [0.2, 0.25) is 0 Å². The van der Waals surface area contributed by atoms with Crippen LogP contribution in [0.25, 0.3) is 107 Å². The topological polar surface area (TPSA) is 9.86 Å². The molecule has 0 atom stereocenters. The van der Waals surface area contributed by atoms with E-state index in [1.165, 1.54) is 107 Å². The number of hydrogen-bond acceptors (Lipinski definition) is 2. The lowest BCUT2D eigenvalue weighted by Gasteiger charge is -2.13. The Balaban J connectivity index is 1.04. The monoisotopic (exact) mass is 748 g/mol. The molecule has 0 radical (unpaired) electrons. The van der Waals surface area contributed by atoms with E-state index in [1.807, 2.05) is 22.7 Å². The molecule has 0 bridgehead atoms. The van der Waals surface area contributed by atoms with Gasteiger partial charge in [-0.1, -0.05) is 115 Å². The number of benzene rings is 8. The summed E-state index contributed by atoms with van der Waals surface area (Å²) in [5.41, 5.74) is 11.9. The van der Waals surface area contributed by atoms with Gasteiger partial charge in [-0.25, -0.2) is 0 Å². The predicted octanol–water partition coefficient (Wildman–Crippen LogP) is 15.3. The van der Waals surface area contributed by atoms with Crippen molar-refractivity contribution in [3.63, 3.8) is 0 Å². The first kappa shape index (κ1) is 31.6. The largest absolute Gasteiger partial charge is 0.309 e. The molecule has 12 rings (SSSR count). The second-order valence-electron chi connectivity index (χ2n) is 14.6. The van der Waals surface area contributed by atoms with Gasteiger partial charge in [0.1, 0.15) is 0 Å². The fourth-order valence-electron chi connectivity index (χ4n) is 8.68. The Kier molecular flexibility index (Phi) is 7.00. The van der Waals surface area contributed by atoms with Gasteiger partial charge in [0.2, 0.25) is 0 Å². The molecule has 0 saturated heterocycles. The molecule has 0 amide bonds. The molecule has 12 aromatic rings. The minimum Gasteiger partial charge on any atom is -0.309 e. The molecule has 0 N–H and O–H groups in total. The number of rotatable bonds is 5. The highest BCUT2D eigenvalue weighted by Gasteiger charge is 2.18. The van der Waals surface area contributed by atoms with Gasteiger partial charge >= 0.3 is 0 Å². The number of fused-ring (bicyclic) bond motifs is 8. The molecule has 0 aliphatic carbocycles. The first-order chi connectivity index (χ1) is 27.7. The second kappa shape index (κ2) is 12.4. The fourth-order valence-corrected chi connectivity index (χ4v) is 10.9. The lowest BCUT2D eigenvalue weighted by atomic mass is 10.0. The zero-order chi connectivity index (χ0) is 36.7. The Morgan fingerprint density at radius 3 is 1.38 bits per heavy atom. The lowest BCUT2D eigenvalue weighted by molar-refractivity contribution is 1.14. The van der Waals surface area contributed by atoms with E-state index in [0.717, 1.165) is 0 Å². The minimum absolute atomic E-state index is 1.17. The molecule has 0 aliphatic heterocycles. The van der Waals surface area contributed by atoms with Gasteiger partial charge in [0.05, 0.1) is 22.4 Å². The summed E-state index contributed by atoms with van der Waals surface area (Å²) in [7, 11) is 0. The maximum Gasteiger partial charge on any atom is 0.0541 e. The Labute approximate surface area is 331 Å². The fraction of sp³-hybridized carbons (Fsp3) is 0. The summed E-state index contributed by atoms with van der Waals surface area (Å²) >= 11 is 3.72. The molecule has 4 heteroatoms. The standard InChI is InChI=1S/C52H32N2S2/c1-3-11-33(12-4-1)46-29-37-20-19-36(28-48(37)54(46)40-23-26-52-44(32-40)42-16-8-10-18-50(42)56-52)35-21-24-45-38(27-35)30-47(34-13-5-2-6-14-34)53(45)39-22-25-51-43(31-39)41-15-7-9-17-49(41)55-51/h1-32H. The van der Waals surface area contributed by atoms with E-state index in [0.29, 0.717) is 0 Å². The van der Waals surface area contributed by atoms with Crippen LogP contribution in [-0.4, -0.2) is 9.13 Å². The van der Waals surface area contributed by atoms with Crippen LogP contribution < -0.4 is 0 Å².